The predicted octanol–water partition coefficient (Wildman–Crippen LogP) is 12.0. The number of aromatic nitrogens is 2. The minimum absolute atomic E-state index is 0.0286. The van der Waals surface area contributed by atoms with E-state index in [9.17, 15) is 8.78 Å². The Morgan fingerprint density at radius 3 is 1.66 bits per heavy atom. The monoisotopic (exact) mass is 974 g/mol. The number of benzene rings is 1. The first kappa shape index (κ1) is 40.7. The molecule has 0 fully saturated rings. The molecule has 0 saturated carbocycles. The molecule has 3 nitrogen and oxygen atoms in total. The summed E-state index contributed by atoms with van der Waals surface area (Å²) >= 11 is 4.81. The molecule has 1 unspecified atom stereocenters. The van der Waals surface area contributed by atoms with Crippen molar-refractivity contribution in [2.45, 2.75) is 121 Å². The van der Waals surface area contributed by atoms with Crippen molar-refractivity contribution in [1.29, 1.82) is 0 Å². The number of thiophene rings is 1. The molecule has 0 aliphatic heterocycles. The summed E-state index contributed by atoms with van der Waals surface area (Å²) in [5, 5.41) is 0. The molecule has 0 aliphatic carbocycles. The number of halogens is 4. The van der Waals surface area contributed by atoms with E-state index in [0.29, 0.717) is 18.4 Å². The van der Waals surface area contributed by atoms with Gasteiger partial charge >= 0.3 is 95.6 Å². The third-order valence-electron chi connectivity index (χ3n) is 7.73. The van der Waals surface area contributed by atoms with Crippen LogP contribution in [0.25, 0.3) is 11.0 Å². The van der Waals surface area contributed by atoms with Gasteiger partial charge in [0.05, 0.1) is 21.7 Å². The van der Waals surface area contributed by atoms with Gasteiger partial charge in [0.25, 0.3) is 0 Å². The van der Waals surface area contributed by atoms with Gasteiger partial charge in [-0.25, -0.2) is 18.7 Å². The number of fused-ring (bicyclic) bond motifs is 1. The zero-order valence-corrected chi connectivity index (χ0v) is 37.9. The Balaban J connectivity index is 0.000000432. The topological polar surface area (TPSA) is 35.0 Å². The molecule has 1 aromatic carbocycles. The molecule has 0 saturated heterocycles. The van der Waals surface area contributed by atoms with Crippen LogP contribution in [-0.4, -0.2) is 53.3 Å². The van der Waals surface area contributed by atoms with Crippen LogP contribution in [0, 0.1) is 17.6 Å². The first-order valence-electron chi connectivity index (χ1n) is 16.4. The molecule has 0 aliphatic rings. The first-order chi connectivity index (χ1) is 20.7. The number of nitrogens with zero attached hydrogens (tertiary/aromatic N) is 2. The normalized spacial score (nSPS) is 12.7. The van der Waals surface area contributed by atoms with Crippen molar-refractivity contribution in [1.82, 2.24) is 9.97 Å². The summed E-state index contributed by atoms with van der Waals surface area (Å²) in [5.41, 5.74) is 0.514. The summed E-state index contributed by atoms with van der Waals surface area (Å²) < 4.78 is 37.4. The van der Waals surface area contributed by atoms with Gasteiger partial charge in [-0.05, 0) is 50.6 Å². The Bertz CT molecular complexity index is 1270. The molecule has 0 spiro atoms. The number of ether oxygens (including phenoxy) is 1. The van der Waals surface area contributed by atoms with Crippen molar-refractivity contribution in [3.63, 3.8) is 0 Å². The van der Waals surface area contributed by atoms with Gasteiger partial charge in [-0.2, -0.15) is 0 Å². The molecule has 248 valence electrons. The molecule has 0 bridgehead atoms. The van der Waals surface area contributed by atoms with E-state index in [2.05, 4.69) is 109 Å². The van der Waals surface area contributed by atoms with Gasteiger partial charge in [0, 0.05) is 0 Å². The molecule has 44 heavy (non-hydrogen) atoms. The molecule has 2 aromatic heterocycles. The third kappa shape index (κ3) is 13.5. The molecule has 0 amide bonds. The standard InChI is InChI=1S/C24H34Br2F2N2O.C4H2S.6CH3.2Sn/c1-3-5-7-9-10-12-14-17(13-11-8-6-4-2)16-31-18-15-29-23-19(25)21(27)22(28)20(26)24(23)30-18;1-2-4-5-3-1;;;;;;;;/h15,17H,3-14,16H2,1-2H3;1-2H;6*1H3;;. The minimum atomic E-state index is -1.74. The fourth-order valence-corrected chi connectivity index (χ4v) is 19.9. The molecule has 10 heteroatoms. The van der Waals surface area contributed by atoms with E-state index in [1.807, 2.05) is 0 Å². The van der Waals surface area contributed by atoms with Crippen LogP contribution in [-0.2, 0) is 0 Å². The quantitative estimate of drug-likeness (QED) is 0.0585. The maximum absolute atomic E-state index is 14.1. The van der Waals surface area contributed by atoms with Gasteiger partial charge in [0.1, 0.15) is 11.0 Å². The van der Waals surface area contributed by atoms with Gasteiger partial charge in [0.2, 0.25) is 5.88 Å². The van der Waals surface area contributed by atoms with Crippen molar-refractivity contribution in [2.24, 2.45) is 5.92 Å². The fourth-order valence-electron chi connectivity index (χ4n) is 4.89. The summed E-state index contributed by atoms with van der Waals surface area (Å²) in [4.78, 5) is 23.6. The van der Waals surface area contributed by atoms with E-state index >= 15 is 0 Å². The summed E-state index contributed by atoms with van der Waals surface area (Å²) in [6, 6.07) is 4.83. The van der Waals surface area contributed by atoms with Gasteiger partial charge in [-0.15, -0.1) is 0 Å². The molecular weight excluding hydrogens is 920 g/mol. The van der Waals surface area contributed by atoms with E-state index in [4.69, 9.17) is 4.74 Å². The van der Waals surface area contributed by atoms with Crippen LogP contribution in [0.2, 0.25) is 29.6 Å². The molecular formula is C34H54Br2F2N2OSSn2. The van der Waals surface area contributed by atoms with Gasteiger partial charge < -0.3 is 4.74 Å². The number of unbranched alkanes of at least 4 members (excludes halogenated alkanes) is 8. The van der Waals surface area contributed by atoms with Gasteiger partial charge in [-0.1, -0.05) is 78.1 Å². The maximum atomic E-state index is 14.1. The Morgan fingerprint density at radius 2 is 1.18 bits per heavy atom. The van der Waals surface area contributed by atoms with E-state index in [1.54, 1.807) is 5.79 Å². The summed E-state index contributed by atoms with van der Waals surface area (Å²) in [5.74, 6) is -1.15. The van der Waals surface area contributed by atoms with Crippen LogP contribution in [0.1, 0.15) is 90.9 Å². The zero-order chi connectivity index (χ0) is 32.9. The van der Waals surface area contributed by atoms with E-state index in [1.165, 1.54) is 70.4 Å². The van der Waals surface area contributed by atoms with Crippen molar-refractivity contribution in [3.05, 3.63) is 38.9 Å². The van der Waals surface area contributed by atoms with Gasteiger partial charge in [-0.3, -0.25) is 0 Å². The summed E-state index contributed by atoms with van der Waals surface area (Å²) in [7, 11) is 0. The molecule has 3 aromatic rings. The van der Waals surface area contributed by atoms with E-state index in [0.717, 1.165) is 12.8 Å². The Labute approximate surface area is 295 Å². The van der Waals surface area contributed by atoms with Crippen LogP contribution < -0.4 is 10.5 Å². The molecule has 2 heterocycles. The van der Waals surface area contributed by atoms with Crippen LogP contribution in [0.15, 0.2) is 27.3 Å². The van der Waals surface area contributed by atoms with Crippen LogP contribution in [0.5, 0.6) is 5.88 Å². The molecule has 0 N–H and O–H groups in total. The Kier molecular flexibility index (Phi) is 18.6. The molecule has 1 atom stereocenters. The van der Waals surface area contributed by atoms with Crippen LogP contribution >= 0.6 is 43.2 Å². The average Bonchev–Trinajstić information content (AvgIpc) is 3.50. The average molecular weight is 974 g/mol. The van der Waals surface area contributed by atoms with Crippen LogP contribution in [0.3, 0.4) is 0 Å². The number of hydrogen-bond donors (Lipinski definition) is 0. The van der Waals surface area contributed by atoms with Gasteiger partial charge in [0.15, 0.2) is 11.6 Å². The fraction of sp³-hybridized carbons (Fsp3) is 0.647. The van der Waals surface area contributed by atoms with Crippen molar-refractivity contribution >= 4 is 96.8 Å². The second-order valence-electron chi connectivity index (χ2n) is 13.9. The predicted molar refractivity (Wildman–Crippen MR) is 201 cm³/mol. The summed E-state index contributed by atoms with van der Waals surface area (Å²) in [6.45, 7) is 5.03. The van der Waals surface area contributed by atoms with E-state index in [-0.39, 0.29) is 20.0 Å². The van der Waals surface area contributed by atoms with Crippen molar-refractivity contribution in [2.75, 3.05) is 6.61 Å². The van der Waals surface area contributed by atoms with Crippen molar-refractivity contribution in [3.8, 4) is 5.88 Å². The zero-order valence-electron chi connectivity index (χ0n) is 28.2. The second kappa shape index (κ2) is 20.1. The SMILES string of the molecule is CCCCCCCCC(CCCCCC)COc1cnc2c(Br)c(F)c(F)c(Br)c2n1.[CH3][Sn]([CH3])([CH3])[c]1cc[c]([Sn]([CH3])([CH3])[CH3])s1. The third-order valence-corrected chi connectivity index (χ3v) is 29.2. The number of hydrogen-bond acceptors (Lipinski definition) is 4. The Morgan fingerprint density at radius 1 is 0.727 bits per heavy atom. The number of rotatable bonds is 17. The first-order valence-corrected chi connectivity index (χ1v) is 38.8. The summed E-state index contributed by atoms with van der Waals surface area (Å²) in [6.07, 6.45) is 16.4. The Hall–Kier alpha value is 0.477. The second-order valence-corrected chi connectivity index (χ2v) is 47.4. The molecule has 0 radical (unpaired) electrons. The van der Waals surface area contributed by atoms with E-state index < -0.39 is 48.4 Å². The molecule has 3 rings (SSSR count). The van der Waals surface area contributed by atoms with Crippen LogP contribution in [0.4, 0.5) is 8.78 Å². The van der Waals surface area contributed by atoms with Crippen molar-refractivity contribution < 1.29 is 13.5 Å².